The number of carbonyl (C=O) groups is 9. The summed E-state index contributed by atoms with van der Waals surface area (Å²) in [7, 11) is -8.76. The van der Waals surface area contributed by atoms with Gasteiger partial charge in [0.15, 0.2) is 6.61 Å². The molecule has 2 rings (SSSR count). The van der Waals surface area contributed by atoms with Crippen LogP contribution in [0.3, 0.4) is 0 Å². The third-order valence-corrected chi connectivity index (χ3v) is 16.1. The van der Waals surface area contributed by atoms with E-state index in [1.807, 2.05) is 0 Å². The zero-order chi connectivity index (χ0) is 58.5. The molecule has 4 unspecified atom stereocenters. The Kier molecular flexibility index (Phi) is 29.8. The van der Waals surface area contributed by atoms with Crippen molar-refractivity contribution in [3.05, 3.63) is 65.7 Å². The van der Waals surface area contributed by atoms with Crippen molar-refractivity contribution in [2.75, 3.05) is 52.7 Å². The molecular formula is C49H76N8O19P2. The van der Waals surface area contributed by atoms with Crippen LogP contribution >= 0.6 is 15.2 Å². The number of nitrogens with one attached hydrogen (secondary N) is 7. The second-order valence-electron chi connectivity index (χ2n) is 18.0. The lowest BCUT2D eigenvalue weighted by molar-refractivity contribution is -0.157. The Balaban J connectivity index is 2.11. The van der Waals surface area contributed by atoms with Crippen molar-refractivity contribution in [3.8, 4) is 5.75 Å². The summed E-state index contributed by atoms with van der Waals surface area (Å²) in [6.45, 7) is 8.67. The van der Waals surface area contributed by atoms with Crippen molar-refractivity contribution in [2.24, 2.45) is 5.73 Å². The lowest BCUT2D eigenvalue weighted by atomic mass is 10.0. The highest BCUT2D eigenvalue weighted by atomic mass is 31.2. The van der Waals surface area contributed by atoms with Gasteiger partial charge in [0.25, 0.3) is 5.91 Å². The number of benzene rings is 2. The molecule has 0 aliphatic rings. The smallest absolute Gasteiger partial charge is 0.365 e. The van der Waals surface area contributed by atoms with E-state index >= 15 is 0 Å². The van der Waals surface area contributed by atoms with Gasteiger partial charge in [-0.2, -0.15) is 0 Å². The highest BCUT2D eigenvalue weighted by Gasteiger charge is 2.52. The number of urea groups is 1. The monoisotopic (exact) mass is 1140 g/mol. The number of carboxylic acids is 2. The first-order valence-electron chi connectivity index (χ1n) is 25.2. The number of esters is 1. The minimum Gasteiger partial charge on any atom is -0.484 e. The molecule has 78 heavy (non-hydrogen) atoms. The molecule has 0 aliphatic carbocycles. The fourth-order valence-corrected chi connectivity index (χ4v) is 12.0. The molecule has 0 fully saturated rings. The maximum atomic E-state index is 13.8. The lowest BCUT2D eigenvalue weighted by Gasteiger charge is -2.31. The van der Waals surface area contributed by atoms with Crippen LogP contribution in [0.5, 0.6) is 5.75 Å². The number of carbonyl (C=O) groups excluding carboxylic acids is 7. The second kappa shape index (κ2) is 34.4. The van der Waals surface area contributed by atoms with Crippen LogP contribution in [0.2, 0.25) is 0 Å². The highest BCUT2D eigenvalue weighted by molar-refractivity contribution is 7.72. The molecule has 0 heterocycles. The molecule has 29 heteroatoms. The van der Waals surface area contributed by atoms with Gasteiger partial charge in [0, 0.05) is 25.8 Å². The van der Waals surface area contributed by atoms with Gasteiger partial charge in [-0.3, -0.25) is 37.9 Å². The van der Waals surface area contributed by atoms with E-state index in [9.17, 15) is 57.4 Å². The molecular weight excluding hydrogens is 1070 g/mol. The zero-order valence-corrected chi connectivity index (χ0v) is 46.8. The van der Waals surface area contributed by atoms with E-state index in [0.717, 1.165) is 5.56 Å². The van der Waals surface area contributed by atoms with Crippen LogP contribution in [0.25, 0.3) is 0 Å². The van der Waals surface area contributed by atoms with E-state index in [-0.39, 0.29) is 64.4 Å². The number of aliphatic carboxylic acids is 2. The van der Waals surface area contributed by atoms with Gasteiger partial charge in [-0.05, 0) is 97.4 Å². The summed E-state index contributed by atoms with van der Waals surface area (Å²) >= 11 is 0. The first-order valence-corrected chi connectivity index (χ1v) is 28.5. The molecule has 0 saturated carbocycles. The van der Waals surface area contributed by atoms with Crippen LogP contribution in [0.15, 0.2) is 54.6 Å². The number of carboxylic acid groups (broad SMARTS) is 2. The van der Waals surface area contributed by atoms with Gasteiger partial charge in [-0.25, -0.2) is 14.4 Å². The van der Waals surface area contributed by atoms with Crippen LogP contribution in [0.4, 0.5) is 4.79 Å². The van der Waals surface area contributed by atoms with Crippen molar-refractivity contribution in [3.63, 3.8) is 0 Å². The molecule has 0 aromatic heterocycles. The molecule has 2 aromatic carbocycles. The fraction of sp³-hybridized carbons (Fsp3) is 0.571. The molecule has 7 amide bonds. The third kappa shape index (κ3) is 25.3. The molecule has 0 aliphatic heterocycles. The number of rotatable bonds is 37. The summed E-state index contributed by atoms with van der Waals surface area (Å²) in [6, 6.07) is 8.87. The number of hydrogen-bond donors (Lipinski definition) is 10. The number of unbranched alkanes of at least 4 members (excludes halogenated alkanes) is 1. The van der Waals surface area contributed by atoms with Crippen molar-refractivity contribution < 1.29 is 90.1 Å². The molecule has 0 radical (unpaired) electrons. The Morgan fingerprint density at radius 2 is 1.12 bits per heavy atom. The van der Waals surface area contributed by atoms with Crippen LogP contribution in [0.1, 0.15) is 91.7 Å². The van der Waals surface area contributed by atoms with Crippen molar-refractivity contribution in [1.29, 1.82) is 0 Å². The maximum Gasteiger partial charge on any atom is 0.365 e. The fourth-order valence-electron chi connectivity index (χ4n) is 7.07. The lowest BCUT2D eigenvalue weighted by Crippen LogP contribution is -2.52. The van der Waals surface area contributed by atoms with E-state index in [0.29, 0.717) is 12.0 Å². The summed E-state index contributed by atoms with van der Waals surface area (Å²) in [5.74, 6) is -6.97. The number of amides is 7. The predicted molar refractivity (Wildman–Crippen MR) is 282 cm³/mol. The quantitative estimate of drug-likeness (QED) is 0.0264. The summed E-state index contributed by atoms with van der Waals surface area (Å²) in [4.78, 5) is 114. The predicted octanol–water partition coefficient (Wildman–Crippen LogP) is 2.44. The average molecular weight is 1140 g/mol. The number of ether oxygens (including phenoxy) is 2. The van der Waals surface area contributed by atoms with Gasteiger partial charge in [0.2, 0.25) is 29.2 Å². The normalized spacial score (nSPS) is 13.1. The first kappa shape index (κ1) is 67.6. The number of nitrogens with two attached hydrogens (primary N) is 1. The molecule has 27 nitrogen and oxygen atoms in total. The molecule has 436 valence electrons. The Labute approximate surface area is 453 Å². The summed E-state index contributed by atoms with van der Waals surface area (Å²) in [5.41, 5.74) is 3.91. The molecule has 2 aromatic rings. The van der Waals surface area contributed by atoms with Gasteiger partial charge >= 0.3 is 39.1 Å². The van der Waals surface area contributed by atoms with Crippen LogP contribution in [-0.2, 0) is 83.2 Å². The Morgan fingerprint density at radius 3 is 1.62 bits per heavy atom. The van der Waals surface area contributed by atoms with Crippen molar-refractivity contribution >= 4 is 68.7 Å². The minimum atomic E-state index is -4.38. The van der Waals surface area contributed by atoms with E-state index in [4.69, 9.17) is 38.4 Å². The highest BCUT2D eigenvalue weighted by Crippen LogP contribution is 2.69. The summed E-state index contributed by atoms with van der Waals surface area (Å²) in [6.07, 6.45) is -0.357. The van der Waals surface area contributed by atoms with Gasteiger partial charge in [-0.15, -0.1) is 0 Å². The average Bonchev–Trinajstić information content (AvgIpc) is 3.37. The Bertz CT molecular complexity index is 2340. The van der Waals surface area contributed by atoms with E-state index in [2.05, 4.69) is 37.2 Å². The summed E-state index contributed by atoms with van der Waals surface area (Å²) < 4.78 is 60.2. The largest absolute Gasteiger partial charge is 0.484 e. The standard InChI is InChI=1S/C49H76N8O19P2/c1-8-72-77(69,73-9-2)48(78(70,74-10-3)75-11-4)57-40(59)30-52-44(64)38(53-39(58)29-50)28-33-20-22-34(23-21-33)71-31-41(60)54-37(27-32-17-13-12-14-18-32)43(63)51-26-16-15-19-36(46(67)76-49(5,6)7)56-47(68)55-35(45(65)66)24-25-42(61)62/h12-14,17-18,20-23,35-38,48H,8-11,15-16,19,24-31,50H2,1-7H3,(H,51,63)(H,52,64)(H,53,58)(H,54,60)(H,57,59)(H,61,62)(H,65,66)(H2,55,56,68). The summed E-state index contributed by atoms with van der Waals surface area (Å²) in [5, 5.41) is 35.6. The first-order chi connectivity index (χ1) is 36.8. The third-order valence-electron chi connectivity index (χ3n) is 10.5. The van der Waals surface area contributed by atoms with E-state index in [1.54, 1.807) is 63.2 Å². The van der Waals surface area contributed by atoms with Gasteiger partial charge in [0.1, 0.15) is 35.5 Å². The second-order valence-corrected chi connectivity index (χ2v) is 22.6. The molecule has 4 atom stereocenters. The van der Waals surface area contributed by atoms with Crippen LogP contribution in [-0.4, -0.2) is 152 Å². The van der Waals surface area contributed by atoms with Crippen LogP contribution in [0, 0.1) is 0 Å². The number of hydrogen-bond acceptors (Lipinski definition) is 18. The maximum absolute atomic E-state index is 13.8. The van der Waals surface area contributed by atoms with Crippen molar-refractivity contribution in [1.82, 2.24) is 37.2 Å². The molecule has 0 spiro atoms. The Hall–Kier alpha value is -6.47. The molecule has 11 N–H and O–H groups in total. The SMILES string of the molecule is CCOP(=O)(OCC)C(NC(=O)CNC(=O)C(Cc1ccc(OCC(=O)NC(Cc2ccccc2)C(=O)NCCCCC(NC(=O)NC(CCC(=O)O)C(=O)O)C(=O)OC(C)(C)C)cc1)NC(=O)CN)P(=O)(OCC)OCC. The Morgan fingerprint density at radius 1 is 0.603 bits per heavy atom. The van der Waals surface area contributed by atoms with Gasteiger partial charge in [-0.1, -0.05) is 42.5 Å². The molecule has 0 bridgehead atoms. The molecule has 0 saturated heterocycles. The van der Waals surface area contributed by atoms with E-state index < -0.39 is 136 Å². The minimum absolute atomic E-state index is 0.0196. The van der Waals surface area contributed by atoms with Crippen molar-refractivity contribution in [2.45, 2.75) is 129 Å². The van der Waals surface area contributed by atoms with Crippen LogP contribution < -0.4 is 47.7 Å². The topological polar surface area (TPSA) is 394 Å². The van der Waals surface area contributed by atoms with Gasteiger partial charge in [0.05, 0.1) is 39.5 Å². The zero-order valence-electron chi connectivity index (χ0n) is 45.0. The van der Waals surface area contributed by atoms with Gasteiger partial charge < -0.3 is 80.7 Å². The van der Waals surface area contributed by atoms with E-state index in [1.165, 1.54) is 39.8 Å².